The fourth-order valence-corrected chi connectivity index (χ4v) is 5.24. The third kappa shape index (κ3) is 6.94. The zero-order valence-corrected chi connectivity index (χ0v) is 11.8. The van der Waals surface area contributed by atoms with E-state index < -0.39 is 14.1 Å². The van der Waals surface area contributed by atoms with E-state index in [-0.39, 0.29) is 5.91 Å². The zero-order valence-electron chi connectivity index (χ0n) is 10.6. The minimum absolute atomic E-state index is 0.127. The number of rotatable bonds is 8. The van der Waals surface area contributed by atoms with E-state index in [1.165, 1.54) is 10.6 Å². The van der Waals surface area contributed by atoms with Gasteiger partial charge in [-0.2, -0.15) is 0 Å². The molecule has 1 unspecified atom stereocenters. The van der Waals surface area contributed by atoms with E-state index >= 15 is 0 Å². The van der Waals surface area contributed by atoms with Gasteiger partial charge in [0.25, 0.3) is 14.1 Å². The van der Waals surface area contributed by atoms with Crippen LogP contribution in [0.2, 0.25) is 15.3 Å². The summed E-state index contributed by atoms with van der Waals surface area (Å²) in [6, 6.07) is 0. The molecule has 0 heterocycles. The van der Waals surface area contributed by atoms with Crippen molar-refractivity contribution in [3.8, 4) is 0 Å². The van der Waals surface area contributed by atoms with Crippen molar-refractivity contribution in [3.63, 3.8) is 0 Å². The first kappa shape index (κ1) is 15.0. The van der Waals surface area contributed by atoms with E-state index in [1.54, 1.807) is 0 Å². The van der Waals surface area contributed by atoms with Gasteiger partial charge < -0.3 is 10.6 Å². The molecule has 0 aromatic heterocycles. The Hall–Kier alpha value is -0.0375. The Morgan fingerprint density at radius 1 is 1.33 bits per heavy atom. The minimum Gasteiger partial charge on any atom is -0.370 e. The maximum Gasteiger partial charge on any atom is 0.265 e. The fourth-order valence-electron chi connectivity index (χ4n) is 2.14. The van der Waals surface area contributed by atoms with Crippen LogP contribution in [-0.4, -0.2) is 45.6 Å². The van der Waals surface area contributed by atoms with Gasteiger partial charge in [-0.25, -0.2) is 0 Å². The number of carbonyl (C=O) groups is 1. The molecular formula is C11H25AlN2O. The lowest BCUT2D eigenvalue weighted by Crippen LogP contribution is -2.27. The molecule has 2 N–H and O–H groups in total. The Morgan fingerprint density at radius 3 is 2.20 bits per heavy atom. The minimum atomic E-state index is -0.750. The second-order valence-electron chi connectivity index (χ2n) is 4.60. The number of amides is 1. The van der Waals surface area contributed by atoms with Gasteiger partial charge in [0.1, 0.15) is 0 Å². The van der Waals surface area contributed by atoms with Crippen LogP contribution in [-0.2, 0) is 4.79 Å². The first-order valence-electron chi connectivity index (χ1n) is 5.94. The maximum atomic E-state index is 11.0. The van der Waals surface area contributed by atoms with E-state index in [1.807, 2.05) is 0 Å². The first-order chi connectivity index (χ1) is 7.01. The summed E-state index contributed by atoms with van der Waals surface area (Å²) in [5.74, 6) is -0.127. The smallest absolute Gasteiger partial charge is 0.265 e. The number of carbonyl (C=O) groups excluding carboxylic acids is 1. The highest BCUT2D eigenvalue weighted by molar-refractivity contribution is 6.60. The Morgan fingerprint density at radius 2 is 1.87 bits per heavy atom. The Balaban J connectivity index is 4.21. The maximum absolute atomic E-state index is 11.0. The van der Waals surface area contributed by atoms with Crippen LogP contribution >= 0.6 is 0 Å². The summed E-state index contributed by atoms with van der Waals surface area (Å²) in [5, 5.41) is 2.56. The number of hydrogen-bond donors (Lipinski definition) is 1. The molecule has 0 aliphatic heterocycles. The molecule has 1 atom stereocenters. The van der Waals surface area contributed by atoms with Gasteiger partial charge in [-0.05, 0) is 27.1 Å². The standard InChI is InChI=1S/C7H15N2O.2C2H5.Al/c1-9(2)6-4-3-5-7(8)10;2*1-2;/h3H,4-6H2,1-2H3,(H2,8,10);2*1H2,2H3;. The lowest BCUT2D eigenvalue weighted by atomic mass is 10.2. The number of nitrogens with two attached hydrogens (primary N) is 1. The largest absolute Gasteiger partial charge is 0.370 e. The third-order valence-electron chi connectivity index (χ3n) is 3.13. The summed E-state index contributed by atoms with van der Waals surface area (Å²) in [5.41, 5.74) is 5.32. The first-order valence-corrected chi connectivity index (χ1v) is 8.24. The summed E-state index contributed by atoms with van der Waals surface area (Å²) in [4.78, 5) is 13.2. The number of primary amides is 1. The van der Waals surface area contributed by atoms with E-state index in [9.17, 15) is 4.79 Å². The van der Waals surface area contributed by atoms with Crippen LogP contribution in [0.15, 0.2) is 0 Å². The zero-order chi connectivity index (χ0) is 11.8. The average Bonchev–Trinajstić information content (AvgIpc) is 2.14. The summed E-state index contributed by atoms with van der Waals surface area (Å²) >= 11 is -0.750. The molecule has 0 aromatic rings. The van der Waals surface area contributed by atoms with Crippen molar-refractivity contribution in [1.82, 2.24) is 4.90 Å². The fraction of sp³-hybridized carbons (Fsp3) is 0.909. The van der Waals surface area contributed by atoms with Gasteiger partial charge in [0.05, 0.1) is 0 Å². The second kappa shape index (κ2) is 8.15. The molecule has 4 heteroatoms. The van der Waals surface area contributed by atoms with Gasteiger partial charge in [-0.3, -0.25) is 4.79 Å². The van der Waals surface area contributed by atoms with Crippen molar-refractivity contribution < 1.29 is 4.79 Å². The van der Waals surface area contributed by atoms with Gasteiger partial charge >= 0.3 is 0 Å². The summed E-state index contributed by atoms with van der Waals surface area (Å²) in [6.45, 7) is 5.58. The van der Waals surface area contributed by atoms with Gasteiger partial charge in [-0.15, -0.1) is 0 Å². The van der Waals surface area contributed by atoms with Crippen LogP contribution in [0.1, 0.15) is 26.7 Å². The van der Waals surface area contributed by atoms with Crippen LogP contribution in [0, 0.1) is 0 Å². The highest BCUT2D eigenvalue weighted by Crippen LogP contribution is 2.25. The average molecular weight is 228 g/mol. The van der Waals surface area contributed by atoms with Crippen molar-refractivity contribution in [2.75, 3.05) is 20.6 Å². The predicted molar refractivity (Wildman–Crippen MR) is 67.4 cm³/mol. The molecule has 0 saturated heterocycles. The number of nitrogens with zero attached hydrogens (tertiary/aromatic N) is 1. The van der Waals surface area contributed by atoms with E-state index in [0.717, 1.165) is 13.0 Å². The van der Waals surface area contributed by atoms with Crippen molar-refractivity contribution in [2.24, 2.45) is 5.73 Å². The van der Waals surface area contributed by atoms with Gasteiger partial charge in [0.2, 0.25) is 5.91 Å². The van der Waals surface area contributed by atoms with Gasteiger partial charge in [-0.1, -0.05) is 29.2 Å². The normalized spacial score (nSPS) is 12.9. The molecule has 0 rings (SSSR count). The van der Waals surface area contributed by atoms with E-state index in [4.69, 9.17) is 5.73 Å². The molecule has 0 aliphatic rings. The molecule has 0 fully saturated rings. The van der Waals surface area contributed by atoms with Crippen LogP contribution in [0.3, 0.4) is 0 Å². The second-order valence-corrected chi connectivity index (χ2v) is 8.70. The summed E-state index contributed by atoms with van der Waals surface area (Å²) < 4.78 is 0.597. The van der Waals surface area contributed by atoms with Gasteiger partial charge in [0.15, 0.2) is 0 Å². The van der Waals surface area contributed by atoms with E-state index in [0.29, 0.717) is 11.2 Å². The quantitative estimate of drug-likeness (QED) is 0.643. The third-order valence-corrected chi connectivity index (χ3v) is 7.13. The Bertz CT molecular complexity index is 181. The molecule has 0 aromatic carbocycles. The van der Waals surface area contributed by atoms with Crippen molar-refractivity contribution >= 4 is 20.1 Å². The highest BCUT2D eigenvalue weighted by atomic mass is 27.2. The molecule has 1 amide bonds. The van der Waals surface area contributed by atoms with Crippen molar-refractivity contribution in [2.45, 2.75) is 42.0 Å². The topological polar surface area (TPSA) is 46.3 Å². The van der Waals surface area contributed by atoms with Crippen molar-refractivity contribution in [3.05, 3.63) is 0 Å². The van der Waals surface area contributed by atoms with Crippen LogP contribution < -0.4 is 5.73 Å². The van der Waals surface area contributed by atoms with Gasteiger partial charge in [0, 0.05) is 6.42 Å². The molecule has 0 saturated carbocycles. The van der Waals surface area contributed by atoms with Crippen LogP contribution in [0.25, 0.3) is 0 Å². The lowest BCUT2D eigenvalue weighted by Gasteiger charge is -2.22. The SMILES string of the molecule is C[CH2][Al]([CH2]C)[CH](CCN(C)C)CC(N)=O. The molecule has 15 heavy (non-hydrogen) atoms. The summed E-state index contributed by atoms with van der Waals surface area (Å²) in [7, 11) is 4.16. The molecule has 0 spiro atoms. The Labute approximate surface area is 98.4 Å². The monoisotopic (exact) mass is 228 g/mol. The lowest BCUT2D eigenvalue weighted by molar-refractivity contribution is -0.118. The molecule has 88 valence electrons. The summed E-state index contributed by atoms with van der Waals surface area (Å²) in [6.07, 6.45) is 1.74. The number of hydrogen-bond acceptors (Lipinski definition) is 2. The van der Waals surface area contributed by atoms with Crippen molar-refractivity contribution in [1.29, 1.82) is 0 Å². The highest BCUT2D eigenvalue weighted by Gasteiger charge is 2.25. The molecule has 3 nitrogen and oxygen atoms in total. The Kier molecular flexibility index (Phi) is 8.13. The molecule has 0 aliphatic carbocycles. The van der Waals surface area contributed by atoms with Crippen LogP contribution in [0.5, 0.6) is 0 Å². The predicted octanol–water partition coefficient (Wildman–Crippen LogP) is 1.72. The molecule has 0 radical (unpaired) electrons. The molecule has 0 bridgehead atoms. The van der Waals surface area contributed by atoms with E-state index in [2.05, 4.69) is 32.8 Å². The van der Waals surface area contributed by atoms with Crippen LogP contribution in [0.4, 0.5) is 0 Å². The molecular weight excluding hydrogens is 203 g/mol.